The molecule has 1 fully saturated rings. The highest BCUT2D eigenvalue weighted by Crippen LogP contribution is 2.41. The Bertz CT molecular complexity index is 310. The minimum Gasteiger partial charge on any atom is -0.323 e. The van der Waals surface area contributed by atoms with E-state index in [0.717, 1.165) is 10.9 Å². The molecule has 14 heavy (non-hydrogen) atoms. The molecule has 1 nitrogen and oxygen atoms in total. The smallest absolute Gasteiger partial charge is 0.0561 e. The van der Waals surface area contributed by atoms with Crippen LogP contribution in [0, 0.1) is 11.8 Å². The van der Waals surface area contributed by atoms with E-state index in [1.54, 1.807) is 11.3 Å². The number of hydrogen-bond acceptors (Lipinski definition) is 2. The number of thiophene rings is 1. The fourth-order valence-electron chi connectivity index (χ4n) is 2.33. The lowest BCUT2D eigenvalue weighted by Crippen LogP contribution is -2.18. The van der Waals surface area contributed by atoms with Crippen molar-refractivity contribution in [1.82, 2.24) is 0 Å². The molecule has 1 heterocycles. The summed E-state index contributed by atoms with van der Waals surface area (Å²) in [7, 11) is 0. The maximum atomic E-state index is 6.23. The van der Waals surface area contributed by atoms with Crippen LogP contribution in [0.15, 0.2) is 11.4 Å². The first-order valence-electron chi connectivity index (χ1n) is 5.17. The van der Waals surface area contributed by atoms with E-state index in [9.17, 15) is 0 Å². The standard InChI is InChI=1S/C11H16ClNS/c1-7-2-3-8(6-7)10(13)11-9(12)4-5-14-11/h4-5,7-8,10H,2-3,6,13H2,1H3. The van der Waals surface area contributed by atoms with E-state index in [-0.39, 0.29) is 6.04 Å². The molecule has 78 valence electrons. The van der Waals surface area contributed by atoms with Gasteiger partial charge >= 0.3 is 0 Å². The first-order valence-corrected chi connectivity index (χ1v) is 6.42. The van der Waals surface area contributed by atoms with Gasteiger partial charge in [-0.25, -0.2) is 0 Å². The molecular formula is C11H16ClNS. The van der Waals surface area contributed by atoms with E-state index in [2.05, 4.69) is 6.92 Å². The van der Waals surface area contributed by atoms with Gasteiger partial charge in [0.2, 0.25) is 0 Å². The van der Waals surface area contributed by atoms with Gasteiger partial charge in [0.05, 0.1) is 5.02 Å². The van der Waals surface area contributed by atoms with Gasteiger partial charge in [-0.2, -0.15) is 0 Å². The highest BCUT2D eigenvalue weighted by molar-refractivity contribution is 7.10. The van der Waals surface area contributed by atoms with E-state index in [1.165, 1.54) is 24.1 Å². The van der Waals surface area contributed by atoms with Crippen LogP contribution in [0.2, 0.25) is 5.02 Å². The van der Waals surface area contributed by atoms with Gasteiger partial charge in [0.1, 0.15) is 0 Å². The van der Waals surface area contributed by atoms with Crippen molar-refractivity contribution < 1.29 is 0 Å². The molecule has 1 aromatic rings. The first-order chi connectivity index (χ1) is 6.68. The van der Waals surface area contributed by atoms with Crippen LogP contribution >= 0.6 is 22.9 Å². The molecule has 0 bridgehead atoms. The molecule has 0 saturated heterocycles. The second-order valence-electron chi connectivity index (χ2n) is 4.34. The largest absolute Gasteiger partial charge is 0.323 e. The molecule has 0 aliphatic heterocycles. The second-order valence-corrected chi connectivity index (χ2v) is 5.69. The molecule has 2 N–H and O–H groups in total. The van der Waals surface area contributed by atoms with Gasteiger partial charge < -0.3 is 5.73 Å². The van der Waals surface area contributed by atoms with Gasteiger partial charge in [-0.1, -0.05) is 24.9 Å². The predicted molar refractivity (Wildman–Crippen MR) is 62.8 cm³/mol. The first kappa shape index (κ1) is 10.5. The van der Waals surface area contributed by atoms with Crippen molar-refractivity contribution in [2.45, 2.75) is 32.2 Å². The SMILES string of the molecule is CC1CCC(C(N)c2sccc2Cl)C1. The summed E-state index contributed by atoms with van der Waals surface area (Å²) in [5.74, 6) is 1.48. The Morgan fingerprint density at radius 3 is 2.86 bits per heavy atom. The number of rotatable bonds is 2. The van der Waals surface area contributed by atoms with Crippen LogP contribution in [0.25, 0.3) is 0 Å². The molecule has 1 saturated carbocycles. The van der Waals surface area contributed by atoms with Gasteiger partial charge in [-0.05, 0) is 36.1 Å². The van der Waals surface area contributed by atoms with E-state index in [0.29, 0.717) is 5.92 Å². The van der Waals surface area contributed by atoms with Crippen molar-refractivity contribution in [2.24, 2.45) is 17.6 Å². The van der Waals surface area contributed by atoms with E-state index >= 15 is 0 Å². The van der Waals surface area contributed by atoms with Crippen LogP contribution < -0.4 is 5.73 Å². The summed E-state index contributed by atoms with van der Waals surface area (Å²) in [6, 6.07) is 2.10. The summed E-state index contributed by atoms with van der Waals surface area (Å²) in [5, 5.41) is 2.87. The van der Waals surface area contributed by atoms with E-state index in [1.807, 2.05) is 11.4 Å². The Kier molecular flexibility index (Phi) is 3.15. The van der Waals surface area contributed by atoms with Crippen molar-refractivity contribution >= 4 is 22.9 Å². The van der Waals surface area contributed by atoms with Gasteiger partial charge in [-0.3, -0.25) is 0 Å². The molecule has 3 heteroatoms. The minimum absolute atomic E-state index is 0.160. The third kappa shape index (κ3) is 1.97. The third-order valence-electron chi connectivity index (χ3n) is 3.19. The lowest BCUT2D eigenvalue weighted by molar-refractivity contribution is 0.433. The summed E-state index contributed by atoms with van der Waals surface area (Å²) >= 11 is 7.77. The third-order valence-corrected chi connectivity index (χ3v) is 4.65. The summed E-state index contributed by atoms with van der Waals surface area (Å²) in [4.78, 5) is 1.17. The van der Waals surface area contributed by atoms with Gasteiger partial charge in [0, 0.05) is 10.9 Å². The molecule has 0 aromatic carbocycles. The maximum absolute atomic E-state index is 6.23. The molecule has 1 aliphatic rings. The topological polar surface area (TPSA) is 26.0 Å². The van der Waals surface area contributed by atoms with Crippen molar-refractivity contribution in [3.63, 3.8) is 0 Å². The number of hydrogen-bond donors (Lipinski definition) is 1. The number of halogens is 1. The van der Waals surface area contributed by atoms with Gasteiger partial charge in [0.15, 0.2) is 0 Å². The second kappa shape index (κ2) is 4.21. The zero-order chi connectivity index (χ0) is 10.1. The van der Waals surface area contributed by atoms with Crippen molar-refractivity contribution in [1.29, 1.82) is 0 Å². The molecule has 0 radical (unpaired) electrons. The van der Waals surface area contributed by atoms with Gasteiger partial charge in [0.25, 0.3) is 0 Å². The quantitative estimate of drug-likeness (QED) is 0.820. The molecule has 3 atom stereocenters. The molecule has 0 spiro atoms. The lowest BCUT2D eigenvalue weighted by atomic mass is 9.96. The zero-order valence-electron chi connectivity index (χ0n) is 8.37. The average molecular weight is 230 g/mol. The van der Waals surface area contributed by atoms with Crippen LogP contribution in [0.1, 0.15) is 37.1 Å². The Labute approximate surface area is 94.3 Å². The van der Waals surface area contributed by atoms with E-state index < -0.39 is 0 Å². The van der Waals surface area contributed by atoms with Crippen LogP contribution in [-0.4, -0.2) is 0 Å². The molecule has 3 unspecified atom stereocenters. The molecule has 1 aliphatic carbocycles. The summed E-state index contributed by atoms with van der Waals surface area (Å²) in [6.07, 6.45) is 3.84. The maximum Gasteiger partial charge on any atom is 0.0561 e. The average Bonchev–Trinajstić information content (AvgIpc) is 2.73. The van der Waals surface area contributed by atoms with Crippen LogP contribution in [0.3, 0.4) is 0 Å². The van der Waals surface area contributed by atoms with Crippen molar-refractivity contribution in [2.75, 3.05) is 0 Å². The molecule has 2 rings (SSSR count). The lowest BCUT2D eigenvalue weighted by Gasteiger charge is -2.18. The van der Waals surface area contributed by atoms with Crippen LogP contribution in [-0.2, 0) is 0 Å². The van der Waals surface area contributed by atoms with Crippen molar-refractivity contribution in [3.8, 4) is 0 Å². The van der Waals surface area contributed by atoms with Gasteiger partial charge in [-0.15, -0.1) is 11.3 Å². The number of nitrogens with two attached hydrogens (primary N) is 1. The minimum atomic E-state index is 0.160. The summed E-state index contributed by atoms with van der Waals surface area (Å²) in [5.41, 5.74) is 6.23. The predicted octanol–water partition coefficient (Wildman–Crippen LogP) is 3.84. The molecular weight excluding hydrogens is 214 g/mol. The van der Waals surface area contributed by atoms with E-state index in [4.69, 9.17) is 17.3 Å². The Balaban J connectivity index is 2.09. The zero-order valence-corrected chi connectivity index (χ0v) is 9.94. The molecule has 1 aromatic heterocycles. The Morgan fingerprint density at radius 2 is 2.36 bits per heavy atom. The summed E-state index contributed by atoms with van der Waals surface area (Å²) < 4.78 is 0. The van der Waals surface area contributed by atoms with Crippen LogP contribution in [0.4, 0.5) is 0 Å². The molecule has 0 amide bonds. The monoisotopic (exact) mass is 229 g/mol. The van der Waals surface area contributed by atoms with Crippen molar-refractivity contribution in [3.05, 3.63) is 21.3 Å². The fourth-order valence-corrected chi connectivity index (χ4v) is 3.61. The Hall–Kier alpha value is -0.0500. The fraction of sp³-hybridized carbons (Fsp3) is 0.636. The Morgan fingerprint density at radius 1 is 1.57 bits per heavy atom. The summed E-state index contributed by atoms with van der Waals surface area (Å²) in [6.45, 7) is 2.31. The highest BCUT2D eigenvalue weighted by Gasteiger charge is 2.28. The normalized spacial score (nSPS) is 29.4. The van der Waals surface area contributed by atoms with Crippen LogP contribution in [0.5, 0.6) is 0 Å². The highest BCUT2D eigenvalue weighted by atomic mass is 35.5.